The second kappa shape index (κ2) is 25.3. The number of aliphatic hydroxyl groups is 1. The van der Waals surface area contributed by atoms with E-state index in [2.05, 4.69) is 45.8 Å². The molecule has 2 aliphatic rings. The standard InChI is InChI=1S/C15H29N5O3.C9H13F.C2H4.CH3F/c1-16-19-14(10-17-11-21)15(22)18-12-2-4-13(5-3-12)20-6-8-23-9-7-20;1-4-6-9(10)7-8(3)5-2;2*1-2/h12-13,16-17,21H,2-11H2,1H3,(H,18,22);4-7,9H,2H2,1,3H3;1-2H2;1H3/b19-14+;6-4-,8-7?;;. The number of nitrogens with zero attached hydrogens (tertiary/aromatic N) is 2. The normalized spacial score (nSPS) is 21.2. The predicted molar refractivity (Wildman–Crippen MR) is 150 cm³/mol. The largest absolute Gasteiger partial charge is 0.381 e. The Kier molecular flexibility index (Phi) is 25.1. The molecule has 0 aromatic carbocycles. The molecule has 214 valence electrons. The van der Waals surface area contributed by atoms with Crippen molar-refractivity contribution in [1.82, 2.24) is 21.0 Å². The third-order valence-corrected chi connectivity index (χ3v) is 5.63. The van der Waals surface area contributed by atoms with Gasteiger partial charge < -0.3 is 20.6 Å². The monoisotopic (exact) mass is 529 g/mol. The molecule has 1 aliphatic carbocycles. The van der Waals surface area contributed by atoms with Crippen molar-refractivity contribution < 1.29 is 23.4 Å². The molecule has 0 aromatic rings. The Labute approximate surface area is 222 Å². The zero-order valence-electron chi connectivity index (χ0n) is 23.1. The molecule has 0 aromatic heterocycles. The molecule has 37 heavy (non-hydrogen) atoms. The maximum Gasteiger partial charge on any atom is 0.269 e. The molecule has 0 spiro atoms. The molecule has 1 heterocycles. The van der Waals surface area contributed by atoms with E-state index in [9.17, 15) is 13.6 Å². The lowest BCUT2D eigenvalue weighted by molar-refractivity contribution is -0.115. The molecule has 1 amide bonds. The fourth-order valence-electron chi connectivity index (χ4n) is 3.84. The lowest BCUT2D eigenvalue weighted by atomic mass is 9.90. The summed E-state index contributed by atoms with van der Waals surface area (Å²) in [6.07, 6.45) is 9.58. The van der Waals surface area contributed by atoms with E-state index < -0.39 is 6.17 Å². The summed E-state index contributed by atoms with van der Waals surface area (Å²) in [6.45, 7) is 16.9. The highest BCUT2D eigenvalue weighted by Crippen LogP contribution is 2.23. The molecular formula is C27H49F2N5O3. The smallest absolute Gasteiger partial charge is 0.269 e. The van der Waals surface area contributed by atoms with E-state index in [4.69, 9.17) is 9.84 Å². The Bertz CT molecular complexity index is 675. The number of halogens is 2. The summed E-state index contributed by atoms with van der Waals surface area (Å²) in [4.78, 5) is 14.8. The number of hydrogen-bond acceptors (Lipinski definition) is 7. The number of hydrogen-bond donors (Lipinski definition) is 4. The average molecular weight is 530 g/mol. The van der Waals surface area contributed by atoms with Gasteiger partial charge in [0.15, 0.2) is 0 Å². The first kappa shape index (κ1) is 36.8. The molecule has 10 heteroatoms. The highest BCUT2D eigenvalue weighted by atomic mass is 19.1. The summed E-state index contributed by atoms with van der Waals surface area (Å²) in [6, 6.07) is 0.824. The van der Waals surface area contributed by atoms with Gasteiger partial charge in [-0.05, 0) is 45.6 Å². The minimum absolute atomic E-state index is 0.171. The van der Waals surface area contributed by atoms with Gasteiger partial charge in [0.2, 0.25) is 0 Å². The molecule has 1 atom stereocenters. The maximum absolute atomic E-state index is 12.6. The van der Waals surface area contributed by atoms with Gasteiger partial charge in [-0.3, -0.25) is 19.4 Å². The van der Waals surface area contributed by atoms with Gasteiger partial charge in [-0.15, -0.1) is 13.2 Å². The number of carbonyl (C=O) groups is 1. The quantitative estimate of drug-likeness (QED) is 0.114. The second-order valence-electron chi connectivity index (χ2n) is 8.08. The molecule has 2 fully saturated rings. The van der Waals surface area contributed by atoms with Crippen molar-refractivity contribution in [1.29, 1.82) is 0 Å². The predicted octanol–water partition coefficient (Wildman–Crippen LogP) is 3.28. The van der Waals surface area contributed by atoms with Gasteiger partial charge in [0.05, 0.1) is 27.1 Å². The van der Waals surface area contributed by atoms with Crippen LogP contribution in [0.1, 0.15) is 39.5 Å². The van der Waals surface area contributed by atoms with Gasteiger partial charge in [0.25, 0.3) is 5.91 Å². The molecule has 0 bridgehead atoms. The first-order valence-corrected chi connectivity index (χ1v) is 12.6. The summed E-state index contributed by atoms with van der Waals surface area (Å²) >= 11 is 0. The molecule has 0 radical (unpaired) electrons. The molecule has 1 aliphatic heterocycles. The summed E-state index contributed by atoms with van der Waals surface area (Å²) in [5.41, 5.74) is 3.86. The highest BCUT2D eigenvalue weighted by Gasteiger charge is 2.28. The van der Waals surface area contributed by atoms with Crippen molar-refractivity contribution >= 4 is 11.6 Å². The number of hydrazone groups is 1. The molecule has 4 N–H and O–H groups in total. The molecule has 2 rings (SSSR count). The van der Waals surface area contributed by atoms with E-state index in [-0.39, 0.29) is 25.2 Å². The van der Waals surface area contributed by atoms with Crippen LogP contribution < -0.4 is 16.1 Å². The van der Waals surface area contributed by atoms with Gasteiger partial charge in [-0.2, -0.15) is 5.10 Å². The van der Waals surface area contributed by atoms with Crippen LogP contribution in [-0.4, -0.2) is 93.7 Å². The summed E-state index contributed by atoms with van der Waals surface area (Å²) < 4.78 is 27.5. The molecule has 1 unspecified atom stereocenters. The van der Waals surface area contributed by atoms with Crippen molar-refractivity contribution in [2.45, 2.75) is 57.8 Å². The third kappa shape index (κ3) is 17.6. The molecule has 1 saturated carbocycles. The number of amides is 1. The van der Waals surface area contributed by atoms with Crippen molar-refractivity contribution in [2.75, 3.05) is 53.8 Å². The topological polar surface area (TPSA) is 98.2 Å². The second-order valence-corrected chi connectivity index (χ2v) is 8.08. The van der Waals surface area contributed by atoms with Crippen LogP contribution in [0.5, 0.6) is 0 Å². The Hall–Kier alpha value is -2.40. The van der Waals surface area contributed by atoms with Gasteiger partial charge in [-0.25, -0.2) is 4.39 Å². The Morgan fingerprint density at radius 1 is 1.22 bits per heavy atom. The van der Waals surface area contributed by atoms with Crippen molar-refractivity contribution in [2.24, 2.45) is 5.10 Å². The number of morpholine rings is 1. The zero-order chi connectivity index (χ0) is 28.5. The lowest BCUT2D eigenvalue weighted by Gasteiger charge is -2.38. The van der Waals surface area contributed by atoms with Crippen LogP contribution in [0.2, 0.25) is 0 Å². The Morgan fingerprint density at radius 2 is 1.81 bits per heavy atom. The number of rotatable bonds is 10. The minimum atomic E-state index is -0.969. The van der Waals surface area contributed by atoms with E-state index in [1.807, 2.05) is 6.92 Å². The first-order chi connectivity index (χ1) is 17.9. The summed E-state index contributed by atoms with van der Waals surface area (Å²) in [5, 5.41) is 18.6. The zero-order valence-corrected chi connectivity index (χ0v) is 23.1. The molecule has 8 nitrogen and oxygen atoms in total. The van der Waals surface area contributed by atoms with E-state index in [0.29, 0.717) is 18.9 Å². The van der Waals surface area contributed by atoms with Crippen LogP contribution >= 0.6 is 0 Å². The maximum atomic E-state index is 12.6. The number of allylic oxidation sites excluding steroid dienone is 5. The number of carbonyl (C=O) groups excluding carboxylic acids is 1. The van der Waals surface area contributed by atoms with Crippen LogP contribution in [0.15, 0.2) is 54.7 Å². The highest BCUT2D eigenvalue weighted by molar-refractivity contribution is 6.39. The SMILES string of the molecule is C=C.C=CC(C)=CC(F)/C=C\C.CF.CN/N=C(\CNCO)C(=O)NC1CCC(N2CCOCC2)CC1. The van der Waals surface area contributed by atoms with Crippen LogP contribution in [0.3, 0.4) is 0 Å². The fraction of sp³-hybridized carbons (Fsp3) is 0.630. The van der Waals surface area contributed by atoms with Gasteiger partial charge in [0, 0.05) is 38.8 Å². The van der Waals surface area contributed by atoms with Crippen LogP contribution in [0.25, 0.3) is 0 Å². The summed E-state index contributed by atoms with van der Waals surface area (Å²) in [7, 11) is 2.15. The van der Waals surface area contributed by atoms with Gasteiger partial charge >= 0.3 is 0 Å². The third-order valence-electron chi connectivity index (χ3n) is 5.63. The van der Waals surface area contributed by atoms with Crippen LogP contribution in [0, 0.1) is 0 Å². The minimum Gasteiger partial charge on any atom is -0.381 e. The fourth-order valence-corrected chi connectivity index (χ4v) is 3.84. The Morgan fingerprint density at radius 3 is 2.30 bits per heavy atom. The van der Waals surface area contributed by atoms with E-state index >= 15 is 0 Å². The van der Waals surface area contributed by atoms with Crippen molar-refractivity contribution in [3.63, 3.8) is 0 Å². The van der Waals surface area contributed by atoms with E-state index in [1.165, 1.54) is 12.2 Å². The van der Waals surface area contributed by atoms with Gasteiger partial charge in [0.1, 0.15) is 11.9 Å². The van der Waals surface area contributed by atoms with Crippen molar-refractivity contribution in [3.8, 4) is 0 Å². The number of nitrogens with one attached hydrogen (secondary N) is 3. The number of aliphatic hydroxyl groups excluding tert-OH is 1. The number of ether oxygens (including phenoxy) is 1. The van der Waals surface area contributed by atoms with Crippen molar-refractivity contribution in [3.05, 3.63) is 49.6 Å². The van der Waals surface area contributed by atoms with Crippen LogP contribution in [-0.2, 0) is 9.53 Å². The lowest BCUT2D eigenvalue weighted by Crippen LogP contribution is -2.49. The van der Waals surface area contributed by atoms with Gasteiger partial charge in [-0.1, -0.05) is 30.4 Å². The Balaban J connectivity index is 0. The first-order valence-electron chi connectivity index (χ1n) is 12.6. The molecule has 1 saturated heterocycles. The molecular weight excluding hydrogens is 480 g/mol. The van der Waals surface area contributed by atoms with Crippen LogP contribution in [0.4, 0.5) is 8.78 Å². The van der Waals surface area contributed by atoms with E-state index in [0.717, 1.165) is 57.6 Å². The van der Waals surface area contributed by atoms with E-state index in [1.54, 1.807) is 26.1 Å². The number of alkyl halides is 2. The summed E-state index contributed by atoms with van der Waals surface area (Å²) in [5.74, 6) is -0.171. The average Bonchev–Trinajstić information content (AvgIpc) is 2.94.